The molecule has 0 spiro atoms. The van der Waals surface area contributed by atoms with Gasteiger partial charge in [-0.25, -0.2) is 9.67 Å². The average molecular weight is 390 g/mol. The van der Waals surface area contributed by atoms with E-state index in [-0.39, 0.29) is 6.17 Å². The lowest BCUT2D eigenvalue weighted by Gasteiger charge is -2.45. The third-order valence-corrected chi connectivity index (χ3v) is 6.30. The van der Waals surface area contributed by atoms with Crippen LogP contribution in [0.3, 0.4) is 0 Å². The zero-order valence-electron chi connectivity index (χ0n) is 16.1. The first-order chi connectivity index (χ1) is 14.3. The highest BCUT2D eigenvalue weighted by Crippen LogP contribution is 2.45. The minimum absolute atomic E-state index is 0.135. The van der Waals surface area contributed by atoms with Gasteiger partial charge in [-0.05, 0) is 25.0 Å². The molecular formula is C20H22N8O. The number of para-hydroxylation sites is 2. The first kappa shape index (κ1) is 16.6. The van der Waals surface area contributed by atoms with Crippen LogP contribution in [0.5, 0.6) is 5.75 Å². The van der Waals surface area contributed by atoms with Crippen LogP contribution in [0.4, 0.5) is 5.82 Å². The summed E-state index contributed by atoms with van der Waals surface area (Å²) < 4.78 is 9.51. The van der Waals surface area contributed by atoms with Crippen molar-refractivity contribution in [3.8, 4) is 11.4 Å². The summed E-state index contributed by atoms with van der Waals surface area (Å²) in [6.07, 6.45) is 10.8. The first-order valence-corrected chi connectivity index (χ1v) is 10.1. The zero-order chi connectivity index (χ0) is 19.4. The molecule has 0 amide bonds. The van der Waals surface area contributed by atoms with Crippen molar-refractivity contribution < 1.29 is 4.74 Å². The van der Waals surface area contributed by atoms with Gasteiger partial charge in [-0.1, -0.05) is 30.2 Å². The van der Waals surface area contributed by atoms with Crippen molar-refractivity contribution in [2.45, 2.75) is 37.9 Å². The van der Waals surface area contributed by atoms with Crippen LogP contribution in [0.1, 0.15) is 37.4 Å². The quantitative estimate of drug-likeness (QED) is 0.739. The molecule has 0 bridgehead atoms. The minimum atomic E-state index is 0.135. The number of methoxy groups -OCH3 is 1. The van der Waals surface area contributed by atoms with Crippen molar-refractivity contribution in [3.63, 3.8) is 0 Å². The van der Waals surface area contributed by atoms with Gasteiger partial charge in [0.15, 0.2) is 11.5 Å². The number of amidine groups is 1. The van der Waals surface area contributed by atoms with Gasteiger partial charge in [0.05, 0.1) is 25.8 Å². The number of hydrazone groups is 1. The fourth-order valence-corrected chi connectivity index (χ4v) is 4.99. The number of imidazole rings is 1. The molecule has 1 fully saturated rings. The Morgan fingerprint density at radius 3 is 3.00 bits per heavy atom. The van der Waals surface area contributed by atoms with Gasteiger partial charge in [-0.3, -0.25) is 10.3 Å². The number of nitrogens with one attached hydrogen (secondary N) is 1. The molecule has 6 rings (SSSR count). The molecule has 2 aromatic heterocycles. The molecular weight excluding hydrogens is 368 g/mol. The molecule has 1 saturated carbocycles. The predicted molar refractivity (Wildman–Crippen MR) is 107 cm³/mol. The lowest BCUT2D eigenvalue weighted by Crippen LogP contribution is -2.53. The summed E-state index contributed by atoms with van der Waals surface area (Å²) in [5, 5.41) is 13.4. The van der Waals surface area contributed by atoms with E-state index >= 15 is 0 Å². The van der Waals surface area contributed by atoms with E-state index in [1.54, 1.807) is 11.8 Å². The number of fused-ring (bicyclic) bond motifs is 6. The number of nitrogens with zero attached hydrogens (tertiary/aromatic N) is 7. The number of ether oxygens (including phenoxy) is 1. The molecule has 29 heavy (non-hydrogen) atoms. The van der Waals surface area contributed by atoms with Crippen LogP contribution in [0, 0.1) is 5.92 Å². The fraction of sp³-hybridized carbons (Fsp3) is 0.400. The van der Waals surface area contributed by atoms with E-state index in [1.807, 2.05) is 43.0 Å². The molecule has 9 heteroatoms. The highest BCUT2D eigenvalue weighted by atomic mass is 16.5. The molecule has 3 aliphatic rings. The summed E-state index contributed by atoms with van der Waals surface area (Å²) in [6.45, 7) is 0. The Hall–Kier alpha value is -3.36. The van der Waals surface area contributed by atoms with E-state index in [0.29, 0.717) is 17.7 Å². The van der Waals surface area contributed by atoms with Gasteiger partial charge in [0.1, 0.15) is 23.4 Å². The second-order valence-electron chi connectivity index (χ2n) is 7.77. The molecule has 0 radical (unpaired) electrons. The van der Waals surface area contributed by atoms with Crippen LogP contribution in [0.15, 0.2) is 48.1 Å². The van der Waals surface area contributed by atoms with Crippen LogP contribution in [-0.4, -0.2) is 43.7 Å². The number of hydrogen-bond donors (Lipinski definition) is 1. The van der Waals surface area contributed by atoms with Gasteiger partial charge in [0.25, 0.3) is 0 Å². The summed E-state index contributed by atoms with van der Waals surface area (Å²) >= 11 is 0. The minimum Gasteiger partial charge on any atom is -0.494 e. The second kappa shape index (κ2) is 6.33. The number of rotatable bonds is 3. The summed E-state index contributed by atoms with van der Waals surface area (Å²) in [6, 6.07) is 8.24. The zero-order valence-corrected chi connectivity index (χ0v) is 16.1. The molecule has 1 N–H and O–H groups in total. The lowest BCUT2D eigenvalue weighted by atomic mass is 9.80. The monoisotopic (exact) mass is 390 g/mol. The van der Waals surface area contributed by atoms with Crippen LogP contribution < -0.4 is 15.1 Å². The Kier molecular flexibility index (Phi) is 3.62. The normalized spacial score (nSPS) is 24.9. The van der Waals surface area contributed by atoms with Crippen LogP contribution >= 0.6 is 0 Å². The maximum Gasteiger partial charge on any atom is 0.185 e. The predicted octanol–water partition coefficient (Wildman–Crippen LogP) is 2.31. The maximum atomic E-state index is 5.46. The third-order valence-electron chi connectivity index (χ3n) is 6.30. The van der Waals surface area contributed by atoms with Gasteiger partial charge in [-0.15, -0.1) is 5.10 Å². The number of benzene rings is 1. The van der Waals surface area contributed by atoms with Gasteiger partial charge in [-0.2, -0.15) is 5.10 Å². The maximum absolute atomic E-state index is 5.46. The lowest BCUT2D eigenvalue weighted by molar-refractivity contribution is 0.176. The number of aromatic nitrogens is 5. The van der Waals surface area contributed by atoms with Gasteiger partial charge in [0.2, 0.25) is 0 Å². The van der Waals surface area contributed by atoms with Crippen LogP contribution in [0.25, 0.3) is 5.69 Å². The topological polar surface area (TPSA) is 85.4 Å². The Bertz CT molecular complexity index is 1090. The van der Waals surface area contributed by atoms with E-state index < -0.39 is 0 Å². The Morgan fingerprint density at radius 1 is 1.17 bits per heavy atom. The first-order valence-electron chi connectivity index (χ1n) is 10.1. The SMILES string of the molecule is COc1ccccc1-n1cc(C2=NNC3C4CCCCC4n4cncc4N23)nn1. The Morgan fingerprint density at radius 2 is 2.07 bits per heavy atom. The van der Waals surface area contributed by atoms with E-state index in [9.17, 15) is 0 Å². The van der Waals surface area contributed by atoms with Crippen molar-refractivity contribution in [2.75, 3.05) is 12.0 Å². The molecule has 9 nitrogen and oxygen atoms in total. The fourth-order valence-electron chi connectivity index (χ4n) is 4.99. The van der Waals surface area contributed by atoms with Crippen molar-refractivity contribution in [2.24, 2.45) is 11.0 Å². The van der Waals surface area contributed by atoms with Crippen molar-refractivity contribution in [1.82, 2.24) is 30.0 Å². The van der Waals surface area contributed by atoms with E-state index in [4.69, 9.17) is 4.74 Å². The third kappa shape index (κ3) is 2.39. The van der Waals surface area contributed by atoms with Gasteiger partial charge >= 0.3 is 0 Å². The summed E-state index contributed by atoms with van der Waals surface area (Å²) in [4.78, 5) is 6.67. The molecule has 3 atom stereocenters. The molecule has 2 aliphatic heterocycles. The van der Waals surface area contributed by atoms with Gasteiger partial charge < -0.3 is 9.30 Å². The van der Waals surface area contributed by atoms with Gasteiger partial charge in [0, 0.05) is 12.0 Å². The average Bonchev–Trinajstić information content (AvgIpc) is 3.52. The van der Waals surface area contributed by atoms with E-state index in [2.05, 4.69) is 35.3 Å². The number of anilines is 1. The van der Waals surface area contributed by atoms with Crippen LogP contribution in [0.2, 0.25) is 0 Å². The van der Waals surface area contributed by atoms with Crippen LogP contribution in [-0.2, 0) is 0 Å². The van der Waals surface area contributed by atoms with Crippen molar-refractivity contribution in [3.05, 3.63) is 48.7 Å². The summed E-state index contributed by atoms with van der Waals surface area (Å²) in [7, 11) is 1.65. The summed E-state index contributed by atoms with van der Waals surface area (Å²) in [5.41, 5.74) is 4.94. The highest BCUT2D eigenvalue weighted by molar-refractivity contribution is 6.09. The smallest absolute Gasteiger partial charge is 0.185 e. The largest absolute Gasteiger partial charge is 0.494 e. The standard InChI is InChI=1S/C20H22N8O/c1-29-17-9-5-4-8-16(17)27-11-14(22-25-27)20-24-23-19-13-6-2-3-7-15(13)26-12-21-10-18(26)28(19)20/h4-5,8-13,15,19,23H,2-3,6-7H2,1H3. The molecule has 1 aliphatic carbocycles. The summed E-state index contributed by atoms with van der Waals surface area (Å²) in [5.74, 6) is 3.08. The molecule has 148 valence electrons. The van der Waals surface area contributed by atoms with Crippen molar-refractivity contribution in [1.29, 1.82) is 0 Å². The molecule has 4 heterocycles. The second-order valence-corrected chi connectivity index (χ2v) is 7.77. The van der Waals surface area contributed by atoms with E-state index in [1.165, 1.54) is 25.7 Å². The molecule has 3 unspecified atom stereocenters. The van der Waals surface area contributed by atoms with E-state index in [0.717, 1.165) is 23.1 Å². The number of hydrogen-bond acceptors (Lipinski definition) is 7. The highest BCUT2D eigenvalue weighted by Gasteiger charge is 2.47. The Labute approximate surface area is 168 Å². The molecule has 3 aromatic rings. The Balaban J connectivity index is 1.39. The molecule has 0 saturated heterocycles. The van der Waals surface area contributed by atoms with Crippen molar-refractivity contribution >= 4 is 11.7 Å². The molecule has 1 aromatic carbocycles.